The average Bonchev–Trinajstić information content (AvgIpc) is 3.11. The van der Waals surface area contributed by atoms with Crippen molar-refractivity contribution in [3.63, 3.8) is 0 Å². The maximum atomic E-state index is 13.6. The minimum atomic E-state index is -5.69. The molecule has 1 aliphatic heterocycles. The van der Waals surface area contributed by atoms with Crippen LogP contribution in [0.2, 0.25) is 0 Å². The first-order chi connectivity index (χ1) is 13.0. The van der Waals surface area contributed by atoms with E-state index in [0.717, 1.165) is 18.6 Å². The molecule has 2 aromatic rings. The standard InChI is InChI=1S/C17H20F4N4O2S/c1-11(2)25-10-22-23-16(25)12-4-3-7-24(9-12)14-6-5-13(18)8-15(14)28(26,27)17(19,20)21/h5-6,8,10-12H,3-4,7,9H2,1-2H3/t12-/m1/s1. The van der Waals surface area contributed by atoms with Gasteiger partial charge in [-0.2, -0.15) is 13.2 Å². The van der Waals surface area contributed by atoms with Gasteiger partial charge in [-0.1, -0.05) is 0 Å². The molecule has 0 spiro atoms. The normalized spacial score (nSPS) is 18.7. The topological polar surface area (TPSA) is 68.1 Å². The van der Waals surface area contributed by atoms with Gasteiger partial charge in [0.25, 0.3) is 9.84 Å². The number of anilines is 1. The SMILES string of the molecule is CC(C)n1cnnc1[C@@H]1CCCN(c2ccc(F)cc2S(=O)(=O)C(F)(F)F)C1. The highest BCUT2D eigenvalue weighted by Crippen LogP contribution is 2.38. The lowest BCUT2D eigenvalue weighted by molar-refractivity contribution is -0.0435. The molecule has 0 N–H and O–H groups in total. The van der Waals surface area contributed by atoms with Crippen LogP contribution >= 0.6 is 0 Å². The smallest absolute Gasteiger partial charge is 0.370 e. The molecule has 3 rings (SSSR count). The van der Waals surface area contributed by atoms with Crippen molar-refractivity contribution in [2.75, 3.05) is 18.0 Å². The minimum Gasteiger partial charge on any atom is -0.370 e. The first kappa shape index (κ1) is 20.6. The third-order valence-electron chi connectivity index (χ3n) is 4.80. The molecule has 0 aliphatic carbocycles. The molecule has 0 radical (unpaired) electrons. The van der Waals surface area contributed by atoms with E-state index >= 15 is 0 Å². The Bertz CT molecular complexity index is 956. The maximum Gasteiger partial charge on any atom is 0.501 e. The molecule has 6 nitrogen and oxygen atoms in total. The molecule has 1 aliphatic rings. The van der Waals surface area contributed by atoms with E-state index in [2.05, 4.69) is 10.2 Å². The summed E-state index contributed by atoms with van der Waals surface area (Å²) in [5.41, 5.74) is -5.67. The third-order valence-corrected chi connectivity index (χ3v) is 6.32. The Morgan fingerprint density at radius 3 is 2.61 bits per heavy atom. The predicted octanol–water partition coefficient (Wildman–Crippen LogP) is 3.68. The Hall–Kier alpha value is -2.17. The van der Waals surface area contributed by atoms with Crippen molar-refractivity contribution >= 4 is 15.5 Å². The Balaban J connectivity index is 1.99. The van der Waals surface area contributed by atoms with Crippen LogP contribution in [0.1, 0.15) is 44.5 Å². The summed E-state index contributed by atoms with van der Waals surface area (Å²) in [5, 5.41) is 8.06. The van der Waals surface area contributed by atoms with E-state index in [4.69, 9.17) is 0 Å². The number of hydrogen-bond donors (Lipinski definition) is 0. The van der Waals surface area contributed by atoms with Crippen LogP contribution in [0, 0.1) is 5.82 Å². The largest absolute Gasteiger partial charge is 0.501 e. The zero-order valence-electron chi connectivity index (χ0n) is 15.3. The Labute approximate surface area is 160 Å². The molecule has 0 bridgehead atoms. The summed E-state index contributed by atoms with van der Waals surface area (Å²) in [5.74, 6) is -0.480. The monoisotopic (exact) mass is 420 g/mol. The van der Waals surface area contributed by atoms with Crippen LogP contribution in [-0.2, 0) is 9.84 Å². The molecule has 11 heteroatoms. The second kappa shape index (κ2) is 7.34. The number of halogens is 4. The predicted molar refractivity (Wildman–Crippen MR) is 94.2 cm³/mol. The summed E-state index contributed by atoms with van der Waals surface area (Å²) in [6.07, 6.45) is 2.96. The highest BCUT2D eigenvalue weighted by Gasteiger charge is 2.48. The van der Waals surface area contributed by atoms with E-state index in [1.807, 2.05) is 18.4 Å². The van der Waals surface area contributed by atoms with Crippen molar-refractivity contribution in [3.8, 4) is 0 Å². The first-order valence-corrected chi connectivity index (χ1v) is 10.3. The van der Waals surface area contributed by atoms with Crippen LogP contribution < -0.4 is 4.90 Å². The number of sulfone groups is 1. The van der Waals surface area contributed by atoms with E-state index in [0.29, 0.717) is 24.9 Å². The van der Waals surface area contributed by atoms with E-state index < -0.39 is 26.1 Å². The van der Waals surface area contributed by atoms with E-state index in [-0.39, 0.29) is 24.2 Å². The van der Waals surface area contributed by atoms with Gasteiger partial charge in [0.2, 0.25) is 0 Å². The number of alkyl halides is 3. The van der Waals surface area contributed by atoms with Crippen LogP contribution in [0.5, 0.6) is 0 Å². The van der Waals surface area contributed by atoms with Gasteiger partial charge in [0, 0.05) is 25.0 Å². The molecular weight excluding hydrogens is 400 g/mol. The highest BCUT2D eigenvalue weighted by atomic mass is 32.2. The van der Waals surface area contributed by atoms with Crippen molar-refractivity contribution < 1.29 is 26.0 Å². The minimum absolute atomic E-state index is 0.104. The van der Waals surface area contributed by atoms with Gasteiger partial charge in [-0.3, -0.25) is 0 Å². The van der Waals surface area contributed by atoms with Crippen molar-refractivity contribution in [2.24, 2.45) is 0 Å². The molecule has 1 fully saturated rings. The number of piperidine rings is 1. The van der Waals surface area contributed by atoms with Gasteiger partial charge in [0.15, 0.2) is 0 Å². The molecule has 1 atom stereocenters. The zero-order valence-corrected chi connectivity index (χ0v) is 16.1. The maximum absolute atomic E-state index is 13.6. The summed E-state index contributed by atoms with van der Waals surface area (Å²) >= 11 is 0. The summed E-state index contributed by atoms with van der Waals surface area (Å²) in [6.45, 7) is 4.54. The number of hydrogen-bond acceptors (Lipinski definition) is 5. The van der Waals surface area contributed by atoms with E-state index in [9.17, 15) is 26.0 Å². The molecule has 1 saturated heterocycles. The number of aromatic nitrogens is 3. The summed E-state index contributed by atoms with van der Waals surface area (Å²) < 4.78 is 78.7. The van der Waals surface area contributed by atoms with Crippen molar-refractivity contribution in [2.45, 2.75) is 49.1 Å². The Kier molecular flexibility index (Phi) is 5.39. The second-order valence-electron chi connectivity index (χ2n) is 7.04. The second-order valence-corrected chi connectivity index (χ2v) is 8.95. The van der Waals surface area contributed by atoms with Gasteiger partial charge in [0.1, 0.15) is 22.9 Å². The highest BCUT2D eigenvalue weighted by molar-refractivity contribution is 7.92. The number of benzene rings is 1. The van der Waals surface area contributed by atoms with Crippen LogP contribution in [0.3, 0.4) is 0 Å². The van der Waals surface area contributed by atoms with E-state index in [1.165, 1.54) is 0 Å². The molecule has 0 amide bonds. The van der Waals surface area contributed by atoms with Gasteiger partial charge >= 0.3 is 5.51 Å². The molecule has 1 aromatic carbocycles. The number of nitrogens with zero attached hydrogens (tertiary/aromatic N) is 4. The summed E-state index contributed by atoms with van der Waals surface area (Å²) in [7, 11) is -5.69. The lowest BCUT2D eigenvalue weighted by Crippen LogP contribution is -2.37. The van der Waals surface area contributed by atoms with Gasteiger partial charge < -0.3 is 9.47 Å². The molecule has 28 heavy (non-hydrogen) atoms. The molecule has 1 aromatic heterocycles. The van der Waals surface area contributed by atoms with Gasteiger partial charge in [-0.25, -0.2) is 12.8 Å². The van der Waals surface area contributed by atoms with Crippen molar-refractivity contribution in [3.05, 3.63) is 36.2 Å². The van der Waals surface area contributed by atoms with Gasteiger partial charge in [0.05, 0.1) is 5.69 Å². The number of rotatable bonds is 4. The molecular formula is C17H20F4N4O2S. The van der Waals surface area contributed by atoms with Crippen LogP contribution in [0.4, 0.5) is 23.2 Å². The van der Waals surface area contributed by atoms with E-state index in [1.54, 1.807) is 11.2 Å². The van der Waals surface area contributed by atoms with Gasteiger partial charge in [-0.05, 0) is 44.9 Å². The van der Waals surface area contributed by atoms with Gasteiger partial charge in [-0.15, -0.1) is 10.2 Å². The van der Waals surface area contributed by atoms with Crippen molar-refractivity contribution in [1.82, 2.24) is 14.8 Å². The fourth-order valence-corrected chi connectivity index (χ4v) is 4.43. The third kappa shape index (κ3) is 3.71. The van der Waals surface area contributed by atoms with Crippen LogP contribution in [-0.4, -0.2) is 41.8 Å². The first-order valence-electron chi connectivity index (χ1n) is 8.77. The van der Waals surface area contributed by atoms with Crippen LogP contribution in [0.15, 0.2) is 29.4 Å². The lowest BCUT2D eigenvalue weighted by Gasteiger charge is -2.35. The average molecular weight is 420 g/mol. The van der Waals surface area contributed by atoms with Crippen LogP contribution in [0.25, 0.3) is 0 Å². The molecule has 154 valence electrons. The Morgan fingerprint density at radius 2 is 1.96 bits per heavy atom. The zero-order chi connectivity index (χ0) is 20.7. The fourth-order valence-electron chi connectivity index (χ4n) is 3.44. The summed E-state index contributed by atoms with van der Waals surface area (Å²) in [4.78, 5) is 0.483. The molecule has 0 unspecified atom stereocenters. The summed E-state index contributed by atoms with van der Waals surface area (Å²) in [6, 6.07) is 2.58. The van der Waals surface area contributed by atoms with Crippen molar-refractivity contribution in [1.29, 1.82) is 0 Å². The fraction of sp³-hybridized carbons (Fsp3) is 0.529. The Morgan fingerprint density at radius 1 is 1.25 bits per heavy atom. The quantitative estimate of drug-likeness (QED) is 0.706. The lowest BCUT2D eigenvalue weighted by atomic mass is 9.96. The molecule has 2 heterocycles. The molecule has 0 saturated carbocycles.